The third-order valence-electron chi connectivity index (χ3n) is 3.81. The molecule has 0 bridgehead atoms. The second kappa shape index (κ2) is 6.37. The number of hydrogen-bond acceptors (Lipinski definition) is 6. The molecule has 2 aromatic heterocycles. The molecule has 2 N–H and O–H groups in total. The van der Waals surface area contributed by atoms with Crippen LogP contribution in [0.4, 0.5) is 5.69 Å². The molecule has 0 spiro atoms. The quantitative estimate of drug-likeness (QED) is 0.927. The Morgan fingerprint density at radius 2 is 2.26 bits per heavy atom. The number of morpholine rings is 1. The largest absolute Gasteiger partial charge is 0.399 e. The Bertz CT molecular complexity index is 693. The minimum Gasteiger partial charge on any atom is -0.399 e. The molecule has 122 valence electrons. The number of amides is 1. The number of nitrogen functional groups attached to an aromatic ring is 1. The second-order valence-corrected chi connectivity index (χ2v) is 5.61. The zero-order valence-corrected chi connectivity index (χ0v) is 13.3. The van der Waals surface area contributed by atoms with E-state index in [9.17, 15) is 4.79 Å². The average Bonchev–Trinajstić information content (AvgIpc) is 3.02. The Morgan fingerprint density at radius 3 is 2.96 bits per heavy atom. The van der Waals surface area contributed by atoms with Gasteiger partial charge in [0.05, 0.1) is 18.8 Å². The SMILES string of the molecule is CCc1cc(C(=O)N2CCO[C@H](c3cc(N)cc(C)n3)C2)no1. The van der Waals surface area contributed by atoms with Crippen molar-refractivity contribution in [2.24, 2.45) is 0 Å². The fraction of sp³-hybridized carbons (Fsp3) is 0.438. The highest BCUT2D eigenvalue weighted by Gasteiger charge is 2.28. The Hall–Kier alpha value is -2.41. The fourth-order valence-electron chi connectivity index (χ4n) is 2.64. The molecule has 0 radical (unpaired) electrons. The van der Waals surface area contributed by atoms with Crippen LogP contribution in [0.15, 0.2) is 22.7 Å². The van der Waals surface area contributed by atoms with Crippen LogP contribution in [0.25, 0.3) is 0 Å². The summed E-state index contributed by atoms with van der Waals surface area (Å²) in [7, 11) is 0. The molecule has 3 rings (SSSR count). The van der Waals surface area contributed by atoms with E-state index in [4.69, 9.17) is 15.0 Å². The molecule has 7 heteroatoms. The van der Waals surface area contributed by atoms with Crippen molar-refractivity contribution in [3.63, 3.8) is 0 Å². The molecule has 7 nitrogen and oxygen atoms in total. The van der Waals surface area contributed by atoms with Crippen molar-refractivity contribution in [3.05, 3.63) is 41.0 Å². The Morgan fingerprint density at radius 1 is 1.43 bits per heavy atom. The van der Waals surface area contributed by atoms with Crippen LogP contribution < -0.4 is 5.73 Å². The topological polar surface area (TPSA) is 94.5 Å². The van der Waals surface area contributed by atoms with Gasteiger partial charge in [0.2, 0.25) is 0 Å². The number of carbonyl (C=O) groups is 1. The summed E-state index contributed by atoms with van der Waals surface area (Å²) in [5.41, 5.74) is 8.42. The summed E-state index contributed by atoms with van der Waals surface area (Å²) in [6, 6.07) is 5.28. The van der Waals surface area contributed by atoms with Crippen molar-refractivity contribution < 1.29 is 14.1 Å². The lowest BCUT2D eigenvalue weighted by Gasteiger charge is -2.32. The standard InChI is InChI=1S/C16H20N4O3/c1-3-12-8-14(19-23-12)16(21)20-4-5-22-15(9-20)13-7-11(17)6-10(2)18-13/h6-8,15H,3-5,9H2,1-2H3,(H2,17,18)/t15-/m0/s1. The number of hydrogen-bond donors (Lipinski definition) is 1. The first-order valence-electron chi connectivity index (χ1n) is 7.67. The molecule has 1 saturated heterocycles. The van der Waals surface area contributed by atoms with Crippen molar-refractivity contribution in [1.82, 2.24) is 15.0 Å². The molecular formula is C16H20N4O3. The second-order valence-electron chi connectivity index (χ2n) is 5.61. The van der Waals surface area contributed by atoms with Crippen molar-refractivity contribution in [3.8, 4) is 0 Å². The first kappa shape index (κ1) is 15.5. The maximum absolute atomic E-state index is 12.5. The molecule has 2 aromatic rings. The minimum absolute atomic E-state index is 0.151. The van der Waals surface area contributed by atoms with Crippen LogP contribution in [0.2, 0.25) is 0 Å². The van der Waals surface area contributed by atoms with Gasteiger partial charge < -0.3 is 19.9 Å². The van der Waals surface area contributed by atoms with E-state index in [1.54, 1.807) is 23.1 Å². The summed E-state index contributed by atoms with van der Waals surface area (Å²) in [6.45, 7) is 5.22. The monoisotopic (exact) mass is 316 g/mol. The van der Waals surface area contributed by atoms with Gasteiger partial charge in [0.25, 0.3) is 5.91 Å². The van der Waals surface area contributed by atoms with Crippen LogP contribution in [0.5, 0.6) is 0 Å². The van der Waals surface area contributed by atoms with E-state index in [1.165, 1.54) is 0 Å². The van der Waals surface area contributed by atoms with Gasteiger partial charge in [0.1, 0.15) is 11.9 Å². The fourth-order valence-corrected chi connectivity index (χ4v) is 2.64. The highest BCUT2D eigenvalue weighted by molar-refractivity contribution is 5.92. The first-order chi connectivity index (χ1) is 11.1. The average molecular weight is 316 g/mol. The van der Waals surface area contributed by atoms with Crippen molar-refractivity contribution >= 4 is 11.6 Å². The van der Waals surface area contributed by atoms with Crippen LogP contribution in [0.1, 0.15) is 40.7 Å². The normalized spacial score (nSPS) is 18.2. The van der Waals surface area contributed by atoms with E-state index < -0.39 is 0 Å². The molecule has 1 fully saturated rings. The van der Waals surface area contributed by atoms with Gasteiger partial charge in [-0.05, 0) is 19.1 Å². The number of nitrogens with two attached hydrogens (primary N) is 1. The maximum Gasteiger partial charge on any atom is 0.276 e. The Labute approximate surface area is 134 Å². The van der Waals surface area contributed by atoms with Crippen LogP contribution in [-0.4, -0.2) is 40.6 Å². The Kier molecular flexibility index (Phi) is 4.29. The van der Waals surface area contributed by atoms with E-state index in [0.717, 1.165) is 11.4 Å². The molecule has 0 saturated carbocycles. The zero-order chi connectivity index (χ0) is 16.4. The van der Waals surface area contributed by atoms with Crippen molar-refractivity contribution in [2.45, 2.75) is 26.4 Å². The van der Waals surface area contributed by atoms with Gasteiger partial charge >= 0.3 is 0 Å². The molecular weight excluding hydrogens is 296 g/mol. The van der Waals surface area contributed by atoms with E-state index in [1.807, 2.05) is 13.8 Å². The van der Waals surface area contributed by atoms with Crippen molar-refractivity contribution in [2.75, 3.05) is 25.4 Å². The van der Waals surface area contributed by atoms with Gasteiger partial charge in [-0.25, -0.2) is 0 Å². The molecule has 1 aliphatic heterocycles. The predicted molar refractivity (Wildman–Crippen MR) is 83.9 cm³/mol. The van der Waals surface area contributed by atoms with Gasteiger partial charge in [-0.1, -0.05) is 12.1 Å². The summed E-state index contributed by atoms with van der Waals surface area (Å²) in [5.74, 6) is 0.550. The third kappa shape index (κ3) is 3.34. The number of pyridine rings is 1. The van der Waals surface area contributed by atoms with E-state index in [0.29, 0.717) is 43.3 Å². The Balaban J connectivity index is 1.76. The summed E-state index contributed by atoms with van der Waals surface area (Å²) in [5, 5.41) is 3.85. The van der Waals surface area contributed by atoms with Gasteiger partial charge in [-0.3, -0.25) is 9.78 Å². The van der Waals surface area contributed by atoms with Crippen LogP contribution in [0.3, 0.4) is 0 Å². The van der Waals surface area contributed by atoms with E-state index in [-0.39, 0.29) is 12.0 Å². The third-order valence-corrected chi connectivity index (χ3v) is 3.81. The number of aryl methyl sites for hydroxylation is 2. The molecule has 1 aliphatic rings. The number of nitrogens with zero attached hydrogens (tertiary/aromatic N) is 3. The predicted octanol–water partition coefficient (Wildman–Crippen LogP) is 1.74. The highest BCUT2D eigenvalue weighted by Crippen LogP contribution is 2.24. The van der Waals surface area contributed by atoms with Gasteiger partial charge in [0, 0.05) is 30.4 Å². The van der Waals surface area contributed by atoms with E-state index in [2.05, 4.69) is 10.1 Å². The molecule has 0 aromatic carbocycles. The number of anilines is 1. The van der Waals surface area contributed by atoms with Gasteiger partial charge in [0.15, 0.2) is 5.69 Å². The van der Waals surface area contributed by atoms with Crippen molar-refractivity contribution in [1.29, 1.82) is 0 Å². The summed E-state index contributed by atoms with van der Waals surface area (Å²) >= 11 is 0. The molecule has 0 aliphatic carbocycles. The van der Waals surface area contributed by atoms with Crippen LogP contribution in [0, 0.1) is 6.92 Å². The molecule has 1 amide bonds. The number of carbonyl (C=O) groups excluding carboxylic acids is 1. The molecule has 23 heavy (non-hydrogen) atoms. The molecule has 1 atom stereocenters. The smallest absolute Gasteiger partial charge is 0.276 e. The zero-order valence-electron chi connectivity index (χ0n) is 13.3. The lowest BCUT2D eigenvalue weighted by molar-refractivity contribution is -0.0250. The minimum atomic E-state index is -0.285. The number of ether oxygens (including phenoxy) is 1. The van der Waals surface area contributed by atoms with Crippen LogP contribution in [-0.2, 0) is 11.2 Å². The maximum atomic E-state index is 12.5. The van der Waals surface area contributed by atoms with E-state index >= 15 is 0 Å². The number of rotatable bonds is 3. The van der Waals surface area contributed by atoms with Gasteiger partial charge in [-0.15, -0.1) is 0 Å². The highest BCUT2D eigenvalue weighted by atomic mass is 16.5. The first-order valence-corrected chi connectivity index (χ1v) is 7.67. The summed E-state index contributed by atoms with van der Waals surface area (Å²) in [4.78, 5) is 18.7. The lowest BCUT2D eigenvalue weighted by atomic mass is 10.1. The van der Waals surface area contributed by atoms with Gasteiger partial charge in [-0.2, -0.15) is 0 Å². The summed E-state index contributed by atoms with van der Waals surface area (Å²) < 4.78 is 10.9. The number of aromatic nitrogens is 2. The lowest BCUT2D eigenvalue weighted by Crippen LogP contribution is -2.42. The molecule has 0 unspecified atom stereocenters. The molecule has 3 heterocycles. The van der Waals surface area contributed by atoms with Crippen LogP contribution >= 0.6 is 0 Å². The summed E-state index contributed by atoms with van der Waals surface area (Å²) in [6.07, 6.45) is 0.422.